The fourth-order valence-corrected chi connectivity index (χ4v) is 4.04. The van der Waals surface area contributed by atoms with Crippen LogP contribution in [0.1, 0.15) is 58.8 Å². The smallest absolute Gasteiger partial charge is 0.0246 e. The van der Waals surface area contributed by atoms with Gasteiger partial charge in [0.05, 0.1) is 0 Å². The first-order chi connectivity index (χ1) is 8.27. The molecule has 17 heavy (non-hydrogen) atoms. The molecule has 2 fully saturated rings. The Hall–Kier alpha value is -0.0800. The van der Waals surface area contributed by atoms with E-state index < -0.39 is 0 Å². The van der Waals surface area contributed by atoms with Crippen molar-refractivity contribution in [3.05, 3.63) is 0 Å². The number of rotatable bonds is 4. The highest BCUT2D eigenvalue weighted by Gasteiger charge is 2.37. The molecule has 1 saturated carbocycles. The Morgan fingerprint density at radius 2 is 1.88 bits per heavy atom. The lowest BCUT2D eigenvalue weighted by Crippen LogP contribution is -2.55. The Balaban J connectivity index is 2.06. The maximum Gasteiger partial charge on any atom is 0.0246 e. The van der Waals surface area contributed by atoms with Crippen LogP contribution in [0, 0.1) is 11.8 Å². The van der Waals surface area contributed by atoms with Gasteiger partial charge in [0, 0.05) is 18.6 Å². The van der Waals surface area contributed by atoms with E-state index in [1.807, 2.05) is 0 Å². The van der Waals surface area contributed by atoms with Crippen LogP contribution in [-0.4, -0.2) is 30.1 Å². The number of nitrogens with zero attached hydrogens (tertiary/aromatic N) is 1. The minimum absolute atomic E-state index is 0.630. The van der Waals surface area contributed by atoms with Gasteiger partial charge in [-0.2, -0.15) is 0 Å². The van der Waals surface area contributed by atoms with E-state index >= 15 is 0 Å². The lowest BCUT2D eigenvalue weighted by Gasteiger charge is -2.49. The highest BCUT2D eigenvalue weighted by Crippen LogP contribution is 2.37. The van der Waals surface area contributed by atoms with Crippen LogP contribution in [-0.2, 0) is 0 Å². The first-order valence-electron chi connectivity index (χ1n) is 7.73. The molecule has 0 spiro atoms. The van der Waals surface area contributed by atoms with Crippen molar-refractivity contribution in [2.45, 2.75) is 70.9 Å². The Labute approximate surface area is 107 Å². The molecular weight excluding hydrogens is 208 g/mol. The number of nitrogens with two attached hydrogens (primary N) is 1. The van der Waals surface area contributed by atoms with Gasteiger partial charge in [-0.3, -0.25) is 4.90 Å². The second kappa shape index (κ2) is 6.19. The minimum atomic E-state index is 0.630. The van der Waals surface area contributed by atoms with Crippen molar-refractivity contribution in [3.63, 3.8) is 0 Å². The van der Waals surface area contributed by atoms with Crippen LogP contribution in [0.15, 0.2) is 0 Å². The Morgan fingerprint density at radius 3 is 2.59 bits per heavy atom. The minimum Gasteiger partial charge on any atom is -0.329 e. The van der Waals surface area contributed by atoms with Gasteiger partial charge >= 0.3 is 0 Å². The second-order valence-electron chi connectivity index (χ2n) is 6.18. The molecule has 2 rings (SSSR count). The first-order valence-corrected chi connectivity index (χ1v) is 7.73. The molecule has 0 bridgehead atoms. The summed E-state index contributed by atoms with van der Waals surface area (Å²) >= 11 is 0. The van der Waals surface area contributed by atoms with Gasteiger partial charge in [-0.1, -0.05) is 33.1 Å². The second-order valence-corrected chi connectivity index (χ2v) is 6.18. The summed E-state index contributed by atoms with van der Waals surface area (Å²) in [4.78, 5) is 2.79. The van der Waals surface area contributed by atoms with E-state index in [1.165, 1.54) is 51.5 Å². The fraction of sp³-hybridized carbons (Fsp3) is 1.00. The third kappa shape index (κ3) is 2.85. The van der Waals surface area contributed by atoms with Crippen molar-refractivity contribution in [2.24, 2.45) is 17.6 Å². The van der Waals surface area contributed by atoms with Gasteiger partial charge in [0.25, 0.3) is 0 Å². The molecule has 1 saturated heterocycles. The summed E-state index contributed by atoms with van der Waals surface area (Å²) < 4.78 is 0. The molecule has 0 amide bonds. The highest BCUT2D eigenvalue weighted by atomic mass is 15.2. The van der Waals surface area contributed by atoms with Gasteiger partial charge in [-0.25, -0.2) is 0 Å². The molecule has 100 valence electrons. The molecule has 1 aliphatic heterocycles. The third-order valence-electron chi connectivity index (χ3n) is 5.25. The van der Waals surface area contributed by atoms with Gasteiger partial charge in [-0.05, 0) is 44.1 Å². The monoisotopic (exact) mass is 238 g/mol. The summed E-state index contributed by atoms with van der Waals surface area (Å²) in [6.07, 6.45) is 9.93. The van der Waals surface area contributed by atoms with Gasteiger partial charge < -0.3 is 5.73 Å². The third-order valence-corrected chi connectivity index (χ3v) is 5.25. The largest absolute Gasteiger partial charge is 0.329 e. The van der Waals surface area contributed by atoms with E-state index in [4.69, 9.17) is 5.73 Å². The van der Waals surface area contributed by atoms with Crippen molar-refractivity contribution >= 4 is 0 Å². The van der Waals surface area contributed by atoms with Gasteiger partial charge in [0.15, 0.2) is 0 Å². The molecule has 4 atom stereocenters. The van der Waals surface area contributed by atoms with Crippen LogP contribution < -0.4 is 5.73 Å². The van der Waals surface area contributed by atoms with Gasteiger partial charge in [-0.15, -0.1) is 0 Å². The van der Waals surface area contributed by atoms with E-state index in [2.05, 4.69) is 18.7 Å². The van der Waals surface area contributed by atoms with Crippen LogP contribution in [0.2, 0.25) is 0 Å². The van der Waals surface area contributed by atoms with Gasteiger partial charge in [0.2, 0.25) is 0 Å². The van der Waals surface area contributed by atoms with Crippen LogP contribution in [0.3, 0.4) is 0 Å². The summed E-state index contributed by atoms with van der Waals surface area (Å²) in [5.74, 6) is 1.73. The zero-order valence-corrected chi connectivity index (χ0v) is 11.7. The Morgan fingerprint density at radius 1 is 1.18 bits per heavy atom. The standard InChI is InChI=1S/C15H30N2/c1-3-12(2)15(11-16)17-10-6-8-13-7-4-5-9-14(13)17/h12-15H,3-11,16H2,1-2H3. The molecule has 1 aliphatic carbocycles. The maximum atomic E-state index is 6.06. The molecule has 0 aromatic carbocycles. The van der Waals surface area contributed by atoms with E-state index in [9.17, 15) is 0 Å². The molecule has 2 N–H and O–H groups in total. The summed E-state index contributed by atoms with van der Waals surface area (Å²) in [7, 11) is 0. The van der Waals surface area contributed by atoms with E-state index in [-0.39, 0.29) is 0 Å². The number of hydrogen-bond donors (Lipinski definition) is 1. The van der Waals surface area contributed by atoms with Crippen molar-refractivity contribution < 1.29 is 0 Å². The SMILES string of the molecule is CCC(C)C(CN)N1CCCC2CCCCC21. The Kier molecular flexibility index (Phi) is 4.87. The molecule has 1 heterocycles. The fourth-order valence-electron chi connectivity index (χ4n) is 4.04. The molecule has 4 unspecified atom stereocenters. The summed E-state index contributed by atoms with van der Waals surface area (Å²) in [6.45, 7) is 6.82. The quantitative estimate of drug-likeness (QED) is 0.816. The lowest BCUT2D eigenvalue weighted by atomic mass is 9.77. The lowest BCUT2D eigenvalue weighted by molar-refractivity contribution is 0.00990. The molecular formula is C15H30N2. The average Bonchev–Trinajstić information content (AvgIpc) is 2.39. The molecule has 2 heteroatoms. The molecule has 2 nitrogen and oxygen atoms in total. The van der Waals surface area contributed by atoms with E-state index in [1.54, 1.807) is 0 Å². The number of hydrogen-bond acceptors (Lipinski definition) is 2. The zero-order valence-electron chi connectivity index (χ0n) is 11.7. The summed E-state index contributed by atoms with van der Waals surface area (Å²) in [5.41, 5.74) is 6.06. The Bertz CT molecular complexity index is 225. The molecule has 2 aliphatic rings. The van der Waals surface area contributed by atoms with E-state index in [0.717, 1.165) is 24.4 Å². The average molecular weight is 238 g/mol. The van der Waals surface area contributed by atoms with Crippen molar-refractivity contribution in [1.29, 1.82) is 0 Å². The molecule has 0 aromatic rings. The predicted octanol–water partition coefficient (Wildman–Crippen LogP) is 3.01. The van der Waals surface area contributed by atoms with Crippen molar-refractivity contribution in [2.75, 3.05) is 13.1 Å². The molecule has 0 aromatic heterocycles. The predicted molar refractivity (Wildman–Crippen MR) is 74.0 cm³/mol. The van der Waals surface area contributed by atoms with Crippen molar-refractivity contribution in [1.82, 2.24) is 4.90 Å². The highest BCUT2D eigenvalue weighted by molar-refractivity contribution is 4.92. The van der Waals surface area contributed by atoms with Crippen LogP contribution in [0.25, 0.3) is 0 Å². The molecule has 0 radical (unpaired) electrons. The van der Waals surface area contributed by atoms with Crippen LogP contribution >= 0.6 is 0 Å². The van der Waals surface area contributed by atoms with Crippen LogP contribution in [0.5, 0.6) is 0 Å². The number of fused-ring (bicyclic) bond motifs is 1. The number of piperidine rings is 1. The first kappa shape index (κ1) is 13.4. The van der Waals surface area contributed by atoms with E-state index in [0.29, 0.717) is 6.04 Å². The number of likely N-dealkylation sites (tertiary alicyclic amines) is 1. The summed E-state index contributed by atoms with van der Waals surface area (Å²) in [6, 6.07) is 1.49. The maximum absolute atomic E-state index is 6.06. The van der Waals surface area contributed by atoms with Crippen LogP contribution in [0.4, 0.5) is 0 Å². The van der Waals surface area contributed by atoms with Gasteiger partial charge in [0.1, 0.15) is 0 Å². The topological polar surface area (TPSA) is 29.3 Å². The zero-order chi connectivity index (χ0) is 12.3. The summed E-state index contributed by atoms with van der Waals surface area (Å²) in [5, 5.41) is 0. The van der Waals surface area contributed by atoms with Crippen molar-refractivity contribution in [3.8, 4) is 0 Å². The normalized spacial score (nSPS) is 34.1.